The zero-order valence-corrected chi connectivity index (χ0v) is 12.2. The zero-order chi connectivity index (χ0) is 13.8. The van der Waals surface area contributed by atoms with E-state index in [0.29, 0.717) is 13.0 Å². The highest BCUT2D eigenvalue weighted by molar-refractivity contribution is 7.89. The van der Waals surface area contributed by atoms with E-state index < -0.39 is 10.0 Å². The van der Waals surface area contributed by atoms with E-state index >= 15 is 0 Å². The van der Waals surface area contributed by atoms with Crippen molar-refractivity contribution < 1.29 is 13.2 Å². The maximum Gasteiger partial charge on any atom is 0.211 e. The van der Waals surface area contributed by atoms with Gasteiger partial charge >= 0.3 is 0 Å². The van der Waals surface area contributed by atoms with Crippen LogP contribution >= 0.6 is 0 Å². The predicted molar refractivity (Wildman–Crippen MR) is 73.6 cm³/mol. The molecule has 0 radical (unpaired) electrons. The van der Waals surface area contributed by atoms with E-state index in [1.54, 1.807) is 14.0 Å². The molecular formula is C13H21NO3S. The van der Waals surface area contributed by atoms with Crippen molar-refractivity contribution >= 4 is 10.0 Å². The molecule has 0 aliphatic rings. The van der Waals surface area contributed by atoms with Gasteiger partial charge in [0, 0.05) is 6.54 Å². The molecular weight excluding hydrogens is 250 g/mol. The van der Waals surface area contributed by atoms with Crippen LogP contribution in [-0.4, -0.2) is 27.8 Å². The molecule has 0 aliphatic heterocycles. The summed E-state index contributed by atoms with van der Waals surface area (Å²) in [7, 11) is -1.49. The number of hydrogen-bond acceptors (Lipinski definition) is 3. The first-order valence-corrected chi connectivity index (χ1v) is 7.66. The van der Waals surface area contributed by atoms with Gasteiger partial charge in [0.2, 0.25) is 10.0 Å². The van der Waals surface area contributed by atoms with Gasteiger partial charge in [-0.25, -0.2) is 13.1 Å². The van der Waals surface area contributed by atoms with Crippen LogP contribution in [0.3, 0.4) is 0 Å². The Hall–Kier alpha value is -1.07. The minimum Gasteiger partial charge on any atom is -0.496 e. The van der Waals surface area contributed by atoms with Crippen molar-refractivity contribution in [2.24, 2.45) is 0 Å². The Kier molecular flexibility index (Phi) is 5.16. The van der Waals surface area contributed by atoms with Crippen LogP contribution in [0.25, 0.3) is 0 Å². The van der Waals surface area contributed by atoms with Gasteiger partial charge in [-0.1, -0.05) is 6.07 Å². The van der Waals surface area contributed by atoms with Crippen LogP contribution < -0.4 is 9.46 Å². The molecule has 0 aliphatic carbocycles. The monoisotopic (exact) mass is 271 g/mol. The molecule has 1 N–H and O–H groups in total. The summed E-state index contributed by atoms with van der Waals surface area (Å²) >= 11 is 0. The highest BCUT2D eigenvalue weighted by Gasteiger charge is 2.10. The number of hydrogen-bond donors (Lipinski definition) is 1. The van der Waals surface area contributed by atoms with Crippen molar-refractivity contribution in [3.05, 3.63) is 28.8 Å². The fourth-order valence-electron chi connectivity index (χ4n) is 1.89. The Bertz CT molecular complexity index is 509. The average Bonchev–Trinajstić information content (AvgIpc) is 2.31. The zero-order valence-electron chi connectivity index (χ0n) is 11.4. The molecule has 0 spiro atoms. The Balaban J connectivity index is 2.79. The van der Waals surface area contributed by atoms with Crippen LogP contribution in [0.15, 0.2) is 12.1 Å². The second-order valence-electron chi connectivity index (χ2n) is 4.31. The summed E-state index contributed by atoms with van der Waals surface area (Å²) in [5, 5.41) is 0. The van der Waals surface area contributed by atoms with E-state index in [9.17, 15) is 8.42 Å². The quantitative estimate of drug-likeness (QED) is 0.858. The molecule has 0 amide bonds. The summed E-state index contributed by atoms with van der Waals surface area (Å²) in [5.74, 6) is 0.931. The Labute approximate surface area is 109 Å². The van der Waals surface area contributed by atoms with E-state index in [1.165, 1.54) is 0 Å². The van der Waals surface area contributed by atoms with E-state index in [-0.39, 0.29) is 5.75 Å². The van der Waals surface area contributed by atoms with Gasteiger partial charge in [0.1, 0.15) is 5.75 Å². The van der Waals surface area contributed by atoms with Crippen LogP contribution in [-0.2, 0) is 16.4 Å². The van der Waals surface area contributed by atoms with Crippen molar-refractivity contribution in [2.45, 2.75) is 27.2 Å². The van der Waals surface area contributed by atoms with E-state index in [2.05, 4.69) is 10.8 Å². The summed E-state index contributed by atoms with van der Waals surface area (Å²) in [4.78, 5) is 0. The molecule has 1 aromatic carbocycles. The Morgan fingerprint density at radius 3 is 2.50 bits per heavy atom. The molecule has 4 nitrogen and oxygen atoms in total. The number of methoxy groups -OCH3 is 1. The van der Waals surface area contributed by atoms with Crippen molar-refractivity contribution in [1.29, 1.82) is 0 Å². The second kappa shape index (κ2) is 6.20. The molecule has 0 atom stereocenters. The molecule has 1 aromatic rings. The minimum absolute atomic E-state index is 0.108. The third-order valence-corrected chi connectivity index (χ3v) is 4.28. The number of rotatable bonds is 6. The van der Waals surface area contributed by atoms with Crippen molar-refractivity contribution in [3.8, 4) is 5.75 Å². The van der Waals surface area contributed by atoms with Gasteiger partial charge in [-0.3, -0.25) is 0 Å². The first kappa shape index (κ1) is 15.0. The minimum atomic E-state index is -3.12. The maximum absolute atomic E-state index is 11.3. The normalized spacial score (nSPS) is 11.6. The van der Waals surface area contributed by atoms with Crippen LogP contribution in [0.2, 0.25) is 0 Å². The molecule has 102 valence electrons. The van der Waals surface area contributed by atoms with E-state index in [0.717, 1.165) is 22.4 Å². The lowest BCUT2D eigenvalue weighted by Gasteiger charge is -2.13. The summed E-state index contributed by atoms with van der Waals surface area (Å²) in [6.45, 7) is 6.05. The number of nitrogens with one attached hydrogen (secondary N) is 1. The number of benzene rings is 1. The van der Waals surface area contributed by atoms with Gasteiger partial charge in [-0.05, 0) is 49.9 Å². The Morgan fingerprint density at radius 1 is 1.28 bits per heavy atom. The highest BCUT2D eigenvalue weighted by Crippen LogP contribution is 2.24. The molecule has 0 saturated heterocycles. The molecule has 0 bridgehead atoms. The van der Waals surface area contributed by atoms with E-state index in [4.69, 9.17) is 4.74 Å². The van der Waals surface area contributed by atoms with E-state index in [1.807, 2.05) is 19.9 Å². The van der Waals surface area contributed by atoms with Gasteiger partial charge in [-0.15, -0.1) is 0 Å². The van der Waals surface area contributed by atoms with Crippen LogP contribution in [0.1, 0.15) is 23.6 Å². The largest absolute Gasteiger partial charge is 0.496 e. The first-order chi connectivity index (χ1) is 8.39. The van der Waals surface area contributed by atoms with Gasteiger partial charge in [-0.2, -0.15) is 0 Å². The third-order valence-electron chi connectivity index (χ3n) is 2.87. The summed E-state index contributed by atoms with van der Waals surface area (Å²) < 4.78 is 30.6. The smallest absolute Gasteiger partial charge is 0.211 e. The lowest BCUT2D eigenvalue weighted by molar-refractivity contribution is 0.408. The van der Waals surface area contributed by atoms with Gasteiger partial charge in [0.15, 0.2) is 0 Å². The fourth-order valence-corrected chi connectivity index (χ4v) is 2.51. The summed E-state index contributed by atoms with van der Waals surface area (Å²) in [6, 6.07) is 4.04. The summed E-state index contributed by atoms with van der Waals surface area (Å²) in [5.41, 5.74) is 3.33. The van der Waals surface area contributed by atoms with Gasteiger partial charge in [0.05, 0.1) is 12.9 Å². The molecule has 0 heterocycles. The molecule has 0 unspecified atom stereocenters. The van der Waals surface area contributed by atoms with Crippen LogP contribution in [0, 0.1) is 13.8 Å². The van der Waals surface area contributed by atoms with Crippen molar-refractivity contribution in [1.82, 2.24) is 4.72 Å². The highest BCUT2D eigenvalue weighted by atomic mass is 32.2. The van der Waals surface area contributed by atoms with Crippen LogP contribution in [0.4, 0.5) is 0 Å². The number of sulfonamides is 1. The van der Waals surface area contributed by atoms with Gasteiger partial charge < -0.3 is 4.74 Å². The maximum atomic E-state index is 11.3. The molecule has 0 saturated carbocycles. The predicted octanol–water partition coefficient (Wildman–Crippen LogP) is 1.79. The lowest BCUT2D eigenvalue weighted by atomic mass is 10.0. The molecule has 5 heteroatoms. The fraction of sp³-hybridized carbons (Fsp3) is 0.538. The lowest BCUT2D eigenvalue weighted by Crippen LogP contribution is -2.27. The SMILES string of the molecule is CCS(=O)(=O)NCCc1c(C)cc(C)cc1OC. The van der Waals surface area contributed by atoms with Gasteiger partial charge in [0.25, 0.3) is 0 Å². The average molecular weight is 271 g/mol. The van der Waals surface area contributed by atoms with Crippen molar-refractivity contribution in [2.75, 3.05) is 19.4 Å². The molecule has 0 fully saturated rings. The first-order valence-electron chi connectivity index (χ1n) is 6.01. The topological polar surface area (TPSA) is 55.4 Å². The number of ether oxygens (including phenoxy) is 1. The van der Waals surface area contributed by atoms with Crippen molar-refractivity contribution in [3.63, 3.8) is 0 Å². The third kappa shape index (κ3) is 3.99. The number of aryl methyl sites for hydroxylation is 2. The standard InChI is InChI=1S/C13H21NO3S/c1-5-18(15,16)14-7-6-12-11(3)8-10(2)9-13(12)17-4/h8-9,14H,5-7H2,1-4H3. The van der Waals surface area contributed by atoms with Crippen LogP contribution in [0.5, 0.6) is 5.75 Å². The molecule has 1 rings (SSSR count). The second-order valence-corrected chi connectivity index (χ2v) is 6.41. The Morgan fingerprint density at radius 2 is 1.94 bits per heavy atom. The summed E-state index contributed by atoms with van der Waals surface area (Å²) in [6.07, 6.45) is 0.633. The molecule has 18 heavy (non-hydrogen) atoms. The molecule has 0 aromatic heterocycles.